The topological polar surface area (TPSA) is 53.6 Å². The molecular formula is C15H29N3O2. The molecule has 2 aliphatic heterocycles. The van der Waals surface area contributed by atoms with Crippen LogP contribution in [0.3, 0.4) is 0 Å². The molecule has 5 heteroatoms. The van der Waals surface area contributed by atoms with E-state index in [1.807, 2.05) is 0 Å². The van der Waals surface area contributed by atoms with E-state index in [1.165, 1.54) is 32.4 Å². The molecule has 2 rings (SSSR count). The van der Waals surface area contributed by atoms with Crippen LogP contribution in [0.5, 0.6) is 0 Å². The molecule has 2 N–H and O–H groups in total. The zero-order valence-electron chi connectivity index (χ0n) is 12.9. The molecular weight excluding hydrogens is 254 g/mol. The average Bonchev–Trinajstić information content (AvgIpc) is 2.88. The molecule has 2 saturated heterocycles. The van der Waals surface area contributed by atoms with Crippen molar-refractivity contribution in [1.29, 1.82) is 0 Å². The van der Waals surface area contributed by atoms with Crippen LogP contribution in [-0.2, 0) is 9.53 Å². The Bertz CT molecular complexity index is 305. The lowest BCUT2D eigenvalue weighted by molar-refractivity contribution is -0.126. The second-order valence-corrected chi connectivity index (χ2v) is 6.08. The van der Waals surface area contributed by atoms with E-state index in [9.17, 15) is 4.79 Å². The first-order valence-corrected chi connectivity index (χ1v) is 8.04. The van der Waals surface area contributed by atoms with Crippen molar-refractivity contribution in [2.24, 2.45) is 5.92 Å². The van der Waals surface area contributed by atoms with E-state index in [2.05, 4.69) is 29.4 Å². The Kier molecular flexibility index (Phi) is 6.26. The second kappa shape index (κ2) is 7.96. The van der Waals surface area contributed by atoms with Crippen molar-refractivity contribution >= 4 is 5.91 Å². The van der Waals surface area contributed by atoms with Crippen LogP contribution in [0.4, 0.5) is 0 Å². The predicted molar refractivity (Wildman–Crippen MR) is 79.7 cm³/mol. The van der Waals surface area contributed by atoms with Gasteiger partial charge in [-0.25, -0.2) is 0 Å². The molecule has 0 saturated carbocycles. The zero-order chi connectivity index (χ0) is 14.4. The van der Waals surface area contributed by atoms with E-state index in [-0.39, 0.29) is 23.9 Å². The SMILES string of the molecule is CCNC1COCC1C(=O)NC(C)CN1CCCCC1. The summed E-state index contributed by atoms with van der Waals surface area (Å²) in [5.41, 5.74) is 0. The molecule has 0 aromatic rings. The predicted octanol–water partition coefficient (Wildman–Crippen LogP) is 0.602. The van der Waals surface area contributed by atoms with Gasteiger partial charge in [-0.15, -0.1) is 0 Å². The van der Waals surface area contributed by atoms with E-state index in [0.717, 1.165) is 13.1 Å². The molecule has 5 nitrogen and oxygen atoms in total. The summed E-state index contributed by atoms with van der Waals surface area (Å²) in [6.07, 6.45) is 3.93. The van der Waals surface area contributed by atoms with Crippen molar-refractivity contribution < 1.29 is 9.53 Å². The minimum atomic E-state index is -0.0428. The Hall–Kier alpha value is -0.650. The number of nitrogens with one attached hydrogen (secondary N) is 2. The van der Waals surface area contributed by atoms with Gasteiger partial charge in [-0.2, -0.15) is 0 Å². The van der Waals surface area contributed by atoms with Gasteiger partial charge < -0.3 is 20.3 Å². The first-order valence-electron chi connectivity index (χ1n) is 8.04. The van der Waals surface area contributed by atoms with Crippen molar-refractivity contribution in [2.45, 2.75) is 45.2 Å². The van der Waals surface area contributed by atoms with Gasteiger partial charge in [-0.05, 0) is 39.4 Å². The highest BCUT2D eigenvalue weighted by molar-refractivity contribution is 5.80. The summed E-state index contributed by atoms with van der Waals surface area (Å²) in [7, 11) is 0. The number of nitrogens with zero attached hydrogens (tertiary/aromatic N) is 1. The molecule has 0 aliphatic carbocycles. The molecule has 0 radical (unpaired) electrons. The highest BCUT2D eigenvalue weighted by Crippen LogP contribution is 2.14. The Labute approximate surface area is 122 Å². The van der Waals surface area contributed by atoms with E-state index in [4.69, 9.17) is 4.74 Å². The van der Waals surface area contributed by atoms with Gasteiger partial charge in [-0.3, -0.25) is 4.79 Å². The number of likely N-dealkylation sites (N-methyl/N-ethyl adjacent to an activating group) is 1. The lowest BCUT2D eigenvalue weighted by Gasteiger charge is -2.30. The number of ether oxygens (including phenoxy) is 1. The molecule has 116 valence electrons. The van der Waals surface area contributed by atoms with E-state index in [0.29, 0.717) is 13.2 Å². The molecule has 20 heavy (non-hydrogen) atoms. The first kappa shape index (κ1) is 15.7. The smallest absolute Gasteiger partial charge is 0.227 e. The molecule has 0 spiro atoms. The molecule has 0 aromatic heterocycles. The maximum Gasteiger partial charge on any atom is 0.227 e. The molecule has 0 aromatic carbocycles. The van der Waals surface area contributed by atoms with Crippen LogP contribution < -0.4 is 10.6 Å². The fraction of sp³-hybridized carbons (Fsp3) is 0.933. The Morgan fingerprint density at radius 2 is 2.05 bits per heavy atom. The van der Waals surface area contributed by atoms with Crippen molar-refractivity contribution in [3.05, 3.63) is 0 Å². The highest BCUT2D eigenvalue weighted by Gasteiger charge is 2.33. The summed E-state index contributed by atoms with van der Waals surface area (Å²) in [4.78, 5) is 14.8. The Morgan fingerprint density at radius 3 is 2.75 bits per heavy atom. The Balaban J connectivity index is 1.74. The lowest BCUT2D eigenvalue weighted by atomic mass is 10.0. The minimum Gasteiger partial charge on any atom is -0.379 e. The van der Waals surface area contributed by atoms with Gasteiger partial charge in [0, 0.05) is 18.6 Å². The van der Waals surface area contributed by atoms with E-state index >= 15 is 0 Å². The largest absolute Gasteiger partial charge is 0.379 e. The maximum absolute atomic E-state index is 12.3. The van der Waals surface area contributed by atoms with Gasteiger partial charge >= 0.3 is 0 Å². The third-order valence-electron chi connectivity index (χ3n) is 4.25. The number of amides is 1. The maximum atomic E-state index is 12.3. The molecule has 2 fully saturated rings. The standard InChI is InChI=1S/C15H29N3O2/c1-3-16-14-11-20-10-13(14)15(19)17-12(2)9-18-7-5-4-6-8-18/h12-14,16H,3-11H2,1-2H3,(H,17,19). The minimum absolute atomic E-state index is 0.0428. The van der Waals surface area contributed by atoms with Gasteiger partial charge in [0.1, 0.15) is 0 Å². The van der Waals surface area contributed by atoms with Gasteiger partial charge in [-0.1, -0.05) is 13.3 Å². The number of hydrogen-bond acceptors (Lipinski definition) is 4. The fourth-order valence-electron chi connectivity index (χ4n) is 3.20. The van der Waals surface area contributed by atoms with E-state index < -0.39 is 0 Å². The number of likely N-dealkylation sites (tertiary alicyclic amines) is 1. The molecule has 3 unspecified atom stereocenters. The normalized spacial score (nSPS) is 29.3. The van der Waals surface area contributed by atoms with Crippen LogP contribution >= 0.6 is 0 Å². The highest BCUT2D eigenvalue weighted by atomic mass is 16.5. The van der Waals surface area contributed by atoms with Crippen LogP contribution in [0.25, 0.3) is 0 Å². The fourth-order valence-corrected chi connectivity index (χ4v) is 3.20. The van der Waals surface area contributed by atoms with Crippen LogP contribution in [0, 0.1) is 5.92 Å². The van der Waals surface area contributed by atoms with Crippen molar-refractivity contribution in [3.8, 4) is 0 Å². The lowest BCUT2D eigenvalue weighted by Crippen LogP contribution is -2.49. The van der Waals surface area contributed by atoms with Gasteiger partial charge in [0.15, 0.2) is 0 Å². The first-order chi connectivity index (χ1) is 9.70. The van der Waals surface area contributed by atoms with Crippen molar-refractivity contribution in [3.63, 3.8) is 0 Å². The number of rotatable bonds is 6. The van der Waals surface area contributed by atoms with Crippen LogP contribution in [0.1, 0.15) is 33.1 Å². The quantitative estimate of drug-likeness (QED) is 0.749. The van der Waals surface area contributed by atoms with Gasteiger partial charge in [0.25, 0.3) is 0 Å². The van der Waals surface area contributed by atoms with Crippen LogP contribution in [0.15, 0.2) is 0 Å². The zero-order valence-corrected chi connectivity index (χ0v) is 12.9. The average molecular weight is 283 g/mol. The third kappa shape index (κ3) is 4.43. The number of carbonyl (C=O) groups excluding carboxylic acids is 1. The second-order valence-electron chi connectivity index (χ2n) is 6.08. The molecule has 2 aliphatic rings. The number of carbonyl (C=O) groups is 1. The third-order valence-corrected chi connectivity index (χ3v) is 4.25. The monoisotopic (exact) mass is 283 g/mol. The number of piperidine rings is 1. The summed E-state index contributed by atoms with van der Waals surface area (Å²) >= 11 is 0. The molecule has 2 heterocycles. The van der Waals surface area contributed by atoms with Gasteiger partial charge in [0.05, 0.1) is 19.1 Å². The van der Waals surface area contributed by atoms with E-state index in [1.54, 1.807) is 0 Å². The van der Waals surface area contributed by atoms with Crippen LogP contribution in [0.2, 0.25) is 0 Å². The summed E-state index contributed by atoms with van der Waals surface area (Å²) in [5, 5.41) is 6.49. The molecule has 1 amide bonds. The summed E-state index contributed by atoms with van der Waals surface area (Å²) in [5.74, 6) is 0.0942. The molecule has 0 bridgehead atoms. The molecule has 3 atom stereocenters. The van der Waals surface area contributed by atoms with Crippen molar-refractivity contribution in [2.75, 3.05) is 39.4 Å². The van der Waals surface area contributed by atoms with Gasteiger partial charge in [0.2, 0.25) is 5.91 Å². The van der Waals surface area contributed by atoms with Crippen LogP contribution in [-0.4, -0.2) is 62.3 Å². The summed E-state index contributed by atoms with van der Waals surface area (Å²) in [6.45, 7) is 9.54. The van der Waals surface area contributed by atoms with Crippen molar-refractivity contribution in [1.82, 2.24) is 15.5 Å². The summed E-state index contributed by atoms with van der Waals surface area (Å²) < 4.78 is 5.44. The Morgan fingerprint density at radius 1 is 1.30 bits per heavy atom. The number of hydrogen-bond donors (Lipinski definition) is 2. The summed E-state index contributed by atoms with van der Waals surface area (Å²) in [6, 6.07) is 0.380.